The van der Waals surface area contributed by atoms with Crippen molar-refractivity contribution in [3.05, 3.63) is 218 Å². The fourth-order valence-corrected chi connectivity index (χ4v) is 9.64. The van der Waals surface area contributed by atoms with Crippen LogP contribution < -0.4 is 4.90 Å². The summed E-state index contributed by atoms with van der Waals surface area (Å²) in [5, 5.41) is 5.06. The largest absolute Gasteiger partial charge is 0.309 e. The van der Waals surface area contributed by atoms with Crippen molar-refractivity contribution in [1.29, 1.82) is 0 Å². The first-order valence-electron chi connectivity index (χ1n) is 19.4. The third-order valence-electron chi connectivity index (χ3n) is 11.2. The van der Waals surface area contributed by atoms with Gasteiger partial charge in [0.25, 0.3) is 0 Å². The standard InChI is InChI=1S/C54H36N2S/c1-4-16-37(17-5-1)39-28-32-51(47(34-39)38-18-6-2-7-19-38)56(42-30-31-45-44-23-11-14-26-50(44)55(52(45)36-42)41-20-8-3-9-21-41)49-25-13-10-22-43(49)40-29-33-54-48(35-40)46-24-12-15-27-53(46)57-54/h1-36H. The van der Waals surface area contributed by atoms with Crippen LogP contribution in [0.1, 0.15) is 0 Å². The molecule has 0 saturated heterocycles. The fourth-order valence-electron chi connectivity index (χ4n) is 8.56. The quantitative estimate of drug-likeness (QED) is 0.158. The van der Waals surface area contributed by atoms with E-state index in [-0.39, 0.29) is 0 Å². The van der Waals surface area contributed by atoms with E-state index in [2.05, 4.69) is 228 Å². The van der Waals surface area contributed by atoms with Crippen molar-refractivity contribution in [3.63, 3.8) is 0 Å². The van der Waals surface area contributed by atoms with Crippen LogP contribution in [0.3, 0.4) is 0 Å². The van der Waals surface area contributed by atoms with E-state index in [0.29, 0.717) is 0 Å². The Morgan fingerprint density at radius 3 is 1.77 bits per heavy atom. The summed E-state index contributed by atoms with van der Waals surface area (Å²) in [5.41, 5.74) is 13.9. The van der Waals surface area contributed by atoms with Gasteiger partial charge in [-0.3, -0.25) is 0 Å². The maximum Gasteiger partial charge on any atom is 0.0561 e. The van der Waals surface area contributed by atoms with Gasteiger partial charge in [-0.2, -0.15) is 0 Å². The smallest absolute Gasteiger partial charge is 0.0561 e. The van der Waals surface area contributed by atoms with E-state index in [9.17, 15) is 0 Å². The van der Waals surface area contributed by atoms with Crippen molar-refractivity contribution in [1.82, 2.24) is 4.57 Å². The number of thiophene rings is 1. The molecule has 0 bridgehead atoms. The second kappa shape index (κ2) is 13.8. The van der Waals surface area contributed by atoms with Gasteiger partial charge in [0, 0.05) is 53.4 Å². The molecular formula is C54H36N2S. The third-order valence-corrected chi connectivity index (χ3v) is 12.3. The van der Waals surface area contributed by atoms with Crippen LogP contribution in [0, 0.1) is 0 Å². The summed E-state index contributed by atoms with van der Waals surface area (Å²) < 4.78 is 5.02. The van der Waals surface area contributed by atoms with E-state index in [1.807, 2.05) is 11.3 Å². The fraction of sp³-hybridized carbons (Fsp3) is 0. The van der Waals surface area contributed by atoms with Gasteiger partial charge in [0.2, 0.25) is 0 Å². The summed E-state index contributed by atoms with van der Waals surface area (Å²) in [5.74, 6) is 0. The summed E-state index contributed by atoms with van der Waals surface area (Å²) in [6.45, 7) is 0. The van der Waals surface area contributed by atoms with Crippen LogP contribution in [0.5, 0.6) is 0 Å². The molecule has 0 unspecified atom stereocenters. The Morgan fingerprint density at radius 1 is 0.333 bits per heavy atom. The summed E-state index contributed by atoms with van der Waals surface area (Å²) in [6, 6.07) is 79.6. The molecule has 2 aromatic heterocycles. The number of fused-ring (bicyclic) bond motifs is 6. The third kappa shape index (κ3) is 5.71. The van der Waals surface area contributed by atoms with Crippen LogP contribution in [0.4, 0.5) is 17.1 Å². The van der Waals surface area contributed by atoms with Gasteiger partial charge in [-0.05, 0) is 89.0 Å². The average Bonchev–Trinajstić information content (AvgIpc) is 3.83. The lowest BCUT2D eigenvalue weighted by Crippen LogP contribution is -2.13. The van der Waals surface area contributed by atoms with Crippen LogP contribution in [0.15, 0.2) is 218 Å². The van der Waals surface area contributed by atoms with E-state index in [4.69, 9.17) is 0 Å². The van der Waals surface area contributed by atoms with Gasteiger partial charge < -0.3 is 9.47 Å². The second-order valence-electron chi connectivity index (χ2n) is 14.5. The van der Waals surface area contributed by atoms with Gasteiger partial charge in [-0.15, -0.1) is 11.3 Å². The molecule has 11 rings (SSSR count). The highest BCUT2D eigenvalue weighted by atomic mass is 32.1. The normalized spacial score (nSPS) is 11.5. The Hall–Kier alpha value is -7.20. The molecule has 0 amide bonds. The minimum Gasteiger partial charge on any atom is -0.309 e. The molecule has 0 aliphatic heterocycles. The van der Waals surface area contributed by atoms with Crippen LogP contribution in [-0.4, -0.2) is 4.57 Å². The van der Waals surface area contributed by atoms with E-state index in [0.717, 1.165) is 33.8 Å². The number of hydrogen-bond acceptors (Lipinski definition) is 2. The molecule has 2 heterocycles. The number of benzene rings is 9. The number of hydrogen-bond donors (Lipinski definition) is 0. The molecule has 268 valence electrons. The molecule has 0 N–H and O–H groups in total. The lowest BCUT2D eigenvalue weighted by atomic mass is 9.95. The SMILES string of the molecule is c1ccc(-c2ccc(N(c3ccc4c5ccccc5n(-c5ccccc5)c4c3)c3ccccc3-c3ccc4sc5ccccc5c4c3)c(-c3ccccc3)c2)cc1. The van der Waals surface area contributed by atoms with E-state index >= 15 is 0 Å². The molecule has 0 saturated carbocycles. The Balaban J connectivity index is 1.20. The Labute approximate surface area is 335 Å². The number of rotatable bonds is 7. The molecule has 3 heteroatoms. The molecule has 0 atom stereocenters. The summed E-state index contributed by atoms with van der Waals surface area (Å²) in [7, 11) is 0. The summed E-state index contributed by atoms with van der Waals surface area (Å²) >= 11 is 1.86. The monoisotopic (exact) mass is 744 g/mol. The zero-order valence-corrected chi connectivity index (χ0v) is 31.9. The van der Waals surface area contributed by atoms with Gasteiger partial charge in [-0.1, -0.05) is 152 Å². The Kier molecular flexibility index (Phi) is 8.04. The highest BCUT2D eigenvalue weighted by Crippen LogP contribution is 2.48. The number of nitrogens with zero attached hydrogens (tertiary/aromatic N) is 2. The minimum absolute atomic E-state index is 1.08. The molecule has 0 aliphatic carbocycles. The van der Waals surface area contributed by atoms with Crippen molar-refractivity contribution in [2.24, 2.45) is 0 Å². The highest BCUT2D eigenvalue weighted by molar-refractivity contribution is 7.25. The molecule has 0 radical (unpaired) electrons. The lowest BCUT2D eigenvalue weighted by molar-refractivity contribution is 1.18. The van der Waals surface area contributed by atoms with Crippen molar-refractivity contribution >= 4 is 70.4 Å². The van der Waals surface area contributed by atoms with E-state index in [1.54, 1.807) is 0 Å². The molecule has 11 aromatic rings. The van der Waals surface area contributed by atoms with Gasteiger partial charge in [0.05, 0.1) is 22.4 Å². The van der Waals surface area contributed by atoms with Gasteiger partial charge >= 0.3 is 0 Å². The van der Waals surface area contributed by atoms with E-state index < -0.39 is 0 Å². The van der Waals surface area contributed by atoms with Gasteiger partial charge in [-0.25, -0.2) is 0 Å². The molecule has 0 fully saturated rings. The van der Waals surface area contributed by atoms with Gasteiger partial charge in [0.15, 0.2) is 0 Å². The van der Waals surface area contributed by atoms with Crippen LogP contribution in [0.25, 0.3) is 81.0 Å². The molecule has 0 spiro atoms. The molecule has 0 aliphatic rings. The number of anilines is 3. The zero-order chi connectivity index (χ0) is 37.7. The van der Waals surface area contributed by atoms with Crippen molar-refractivity contribution in [2.45, 2.75) is 0 Å². The summed E-state index contributed by atoms with van der Waals surface area (Å²) in [6.07, 6.45) is 0. The predicted molar refractivity (Wildman–Crippen MR) is 245 cm³/mol. The lowest BCUT2D eigenvalue weighted by Gasteiger charge is -2.30. The first-order valence-corrected chi connectivity index (χ1v) is 20.2. The zero-order valence-electron chi connectivity index (χ0n) is 31.1. The maximum atomic E-state index is 2.48. The number of para-hydroxylation sites is 3. The molecule has 57 heavy (non-hydrogen) atoms. The van der Waals surface area contributed by atoms with Crippen LogP contribution in [0.2, 0.25) is 0 Å². The molecule has 9 aromatic carbocycles. The first kappa shape index (κ1) is 33.2. The highest BCUT2D eigenvalue weighted by Gasteiger charge is 2.23. The molecular weight excluding hydrogens is 709 g/mol. The molecule has 2 nitrogen and oxygen atoms in total. The van der Waals surface area contributed by atoms with Crippen LogP contribution in [-0.2, 0) is 0 Å². The summed E-state index contributed by atoms with van der Waals surface area (Å²) in [4.78, 5) is 2.48. The second-order valence-corrected chi connectivity index (χ2v) is 15.6. The predicted octanol–water partition coefficient (Wildman–Crippen LogP) is 15.6. The van der Waals surface area contributed by atoms with Gasteiger partial charge in [0.1, 0.15) is 0 Å². The Morgan fingerprint density at radius 2 is 0.947 bits per heavy atom. The average molecular weight is 745 g/mol. The Bertz CT molecular complexity index is 3230. The van der Waals surface area contributed by atoms with Crippen molar-refractivity contribution in [3.8, 4) is 39.1 Å². The van der Waals surface area contributed by atoms with Crippen molar-refractivity contribution in [2.75, 3.05) is 4.90 Å². The topological polar surface area (TPSA) is 8.17 Å². The van der Waals surface area contributed by atoms with Crippen LogP contribution >= 0.6 is 11.3 Å². The first-order chi connectivity index (χ1) is 28.3. The minimum atomic E-state index is 1.08. The van der Waals surface area contributed by atoms with E-state index in [1.165, 1.54) is 64.3 Å². The van der Waals surface area contributed by atoms with Crippen molar-refractivity contribution < 1.29 is 0 Å². The maximum absolute atomic E-state index is 2.48. The number of aromatic nitrogens is 1.